The topological polar surface area (TPSA) is 207 Å². The largest absolute Gasteiger partial charge is 0.370 e. The van der Waals surface area contributed by atoms with Gasteiger partial charge in [0.2, 0.25) is 11.9 Å². The number of aliphatic imine (C=N–C) groups is 2. The van der Waals surface area contributed by atoms with Crippen LogP contribution in [-0.2, 0) is 9.59 Å². The first-order valence-electron chi connectivity index (χ1n) is 8.18. The van der Waals surface area contributed by atoms with Crippen molar-refractivity contribution in [3.63, 3.8) is 0 Å². The fraction of sp³-hybridized carbons (Fsp3) is 0.643. The van der Waals surface area contributed by atoms with Gasteiger partial charge in [-0.2, -0.15) is 0 Å². The number of carbonyl (C=O) groups excluding carboxylic acids is 3. The summed E-state index contributed by atoms with van der Waals surface area (Å²) in [4.78, 5) is 44.3. The van der Waals surface area contributed by atoms with Crippen LogP contribution in [-0.4, -0.2) is 73.1 Å². The van der Waals surface area contributed by atoms with Crippen molar-refractivity contribution in [3.8, 4) is 0 Å². The van der Waals surface area contributed by atoms with Gasteiger partial charge in [0.25, 0.3) is 5.91 Å². The molecule has 1 aliphatic rings. The number of alkyl halides is 1. The molecule has 12 nitrogen and oxygen atoms in total. The Kier molecular flexibility index (Phi) is 7.90. The molecule has 0 aliphatic carbocycles. The van der Waals surface area contributed by atoms with Crippen molar-refractivity contribution in [3.05, 3.63) is 0 Å². The van der Waals surface area contributed by atoms with E-state index in [1.165, 1.54) is 7.05 Å². The van der Waals surface area contributed by atoms with E-state index in [1.807, 2.05) is 0 Å². The molecule has 10 N–H and O–H groups in total. The number of halogens is 1. The van der Waals surface area contributed by atoms with Gasteiger partial charge in [0.15, 0.2) is 11.5 Å². The number of nitrogens with two attached hydrogens (primary N) is 4. The second kappa shape index (κ2) is 9.66. The summed E-state index contributed by atoms with van der Waals surface area (Å²) >= 11 is 0. The molecule has 0 saturated carbocycles. The van der Waals surface area contributed by atoms with Crippen molar-refractivity contribution in [1.82, 2.24) is 15.5 Å². The number of nitrogens with zero attached hydrogens (tertiary/aromatic N) is 3. The van der Waals surface area contributed by atoms with Gasteiger partial charge in [0, 0.05) is 26.1 Å². The smallest absolute Gasteiger partial charge is 0.318 e. The summed E-state index contributed by atoms with van der Waals surface area (Å²) in [6.45, 7) is -1.15. The number of guanidine groups is 2. The minimum Gasteiger partial charge on any atom is -0.370 e. The third-order valence-electron chi connectivity index (χ3n) is 4.10. The highest BCUT2D eigenvalue weighted by Gasteiger charge is 2.47. The number of likely N-dealkylation sites (N-methyl/N-ethyl adjacent to an activating group) is 1. The molecule has 13 heteroatoms. The fourth-order valence-electron chi connectivity index (χ4n) is 2.45. The van der Waals surface area contributed by atoms with Crippen molar-refractivity contribution in [1.29, 1.82) is 0 Å². The molecule has 1 rings (SSSR count). The van der Waals surface area contributed by atoms with Gasteiger partial charge in [-0.25, -0.2) is 14.2 Å². The monoisotopic (exact) mass is 387 g/mol. The molecule has 0 bridgehead atoms. The van der Waals surface area contributed by atoms with Gasteiger partial charge in [-0.15, -0.1) is 0 Å². The van der Waals surface area contributed by atoms with E-state index in [0.29, 0.717) is 19.4 Å². The Labute approximate surface area is 155 Å². The summed E-state index contributed by atoms with van der Waals surface area (Å²) in [6.07, 6.45) is 0.941. The summed E-state index contributed by atoms with van der Waals surface area (Å²) < 4.78 is 13.7. The van der Waals surface area contributed by atoms with Gasteiger partial charge < -0.3 is 27.8 Å². The zero-order valence-electron chi connectivity index (χ0n) is 15.1. The Morgan fingerprint density at radius 1 is 1.44 bits per heavy atom. The average Bonchev–Trinajstić information content (AvgIpc) is 2.58. The first kappa shape index (κ1) is 22.1. The third kappa shape index (κ3) is 6.06. The van der Waals surface area contributed by atoms with E-state index in [9.17, 15) is 18.8 Å². The number of amides is 4. The Morgan fingerprint density at radius 3 is 2.63 bits per heavy atom. The second-order valence-electron chi connectivity index (χ2n) is 6.14. The van der Waals surface area contributed by atoms with Crippen LogP contribution < -0.4 is 33.6 Å². The van der Waals surface area contributed by atoms with E-state index in [-0.39, 0.29) is 24.9 Å². The number of nitrogens with one attached hydrogen (secondary N) is 2. The maximum Gasteiger partial charge on any atom is 0.318 e. The van der Waals surface area contributed by atoms with E-state index >= 15 is 0 Å². The number of hydrogen-bond donors (Lipinski definition) is 6. The summed E-state index contributed by atoms with van der Waals surface area (Å²) in [5, 5.41) is 4.32. The minimum atomic E-state index is -1.82. The molecule has 152 valence electrons. The van der Waals surface area contributed by atoms with E-state index < -0.39 is 36.1 Å². The Balaban J connectivity index is 2.71. The van der Waals surface area contributed by atoms with Gasteiger partial charge >= 0.3 is 6.03 Å². The molecule has 4 amide bonds. The summed E-state index contributed by atoms with van der Waals surface area (Å²) in [5.41, 5.74) is 19.5. The third-order valence-corrected chi connectivity index (χ3v) is 4.10. The van der Waals surface area contributed by atoms with Gasteiger partial charge in [-0.3, -0.25) is 25.2 Å². The van der Waals surface area contributed by atoms with E-state index in [2.05, 4.69) is 20.6 Å². The van der Waals surface area contributed by atoms with Crippen molar-refractivity contribution in [2.24, 2.45) is 32.9 Å². The van der Waals surface area contributed by atoms with Crippen molar-refractivity contribution in [2.45, 2.75) is 30.8 Å². The van der Waals surface area contributed by atoms with Crippen LogP contribution in [0.15, 0.2) is 9.98 Å². The lowest BCUT2D eigenvalue weighted by Gasteiger charge is -2.39. The van der Waals surface area contributed by atoms with Gasteiger partial charge in [-0.1, -0.05) is 0 Å². The average molecular weight is 387 g/mol. The second-order valence-corrected chi connectivity index (χ2v) is 6.14. The standard InChI is InChI=1S/C14H26FN9O3/c1-24(9(25)5-8(16)3-2-4-20-11(17)18)14(6-15)7-21-13(22-10(14)26)23-12(19)27/h8H,2-7,16H2,1H3,(H4,17,18,20)(H4,19,21,22,23,26,27)/t8-,14+/m0/s1. The maximum absolute atomic E-state index is 13.7. The molecule has 0 unspecified atom stereocenters. The normalized spacial score (nSPS) is 20.1. The lowest BCUT2D eigenvalue weighted by Crippen LogP contribution is -2.68. The molecule has 0 aromatic carbocycles. The van der Waals surface area contributed by atoms with Crippen molar-refractivity contribution < 1.29 is 18.8 Å². The molecule has 0 spiro atoms. The Bertz CT molecular complexity index is 635. The highest BCUT2D eigenvalue weighted by Crippen LogP contribution is 2.20. The van der Waals surface area contributed by atoms with Crippen molar-refractivity contribution in [2.75, 3.05) is 26.8 Å². The molecule has 0 radical (unpaired) electrons. The first-order valence-corrected chi connectivity index (χ1v) is 8.18. The maximum atomic E-state index is 13.7. The Hall–Kier alpha value is -2.96. The van der Waals surface area contributed by atoms with Gasteiger partial charge in [0.1, 0.15) is 6.67 Å². The highest BCUT2D eigenvalue weighted by atomic mass is 19.1. The number of rotatable bonds is 8. The molecule has 2 atom stereocenters. The molecule has 0 fully saturated rings. The predicted octanol–water partition coefficient (Wildman–Crippen LogP) is -2.92. The molecule has 0 aromatic rings. The van der Waals surface area contributed by atoms with E-state index in [1.54, 1.807) is 0 Å². The van der Waals surface area contributed by atoms with Crippen LogP contribution in [0.4, 0.5) is 9.18 Å². The van der Waals surface area contributed by atoms with Crippen LogP contribution in [0.2, 0.25) is 0 Å². The summed E-state index contributed by atoms with van der Waals surface area (Å²) in [6, 6.07) is -1.44. The first-order chi connectivity index (χ1) is 12.6. The molecule has 0 aromatic heterocycles. The van der Waals surface area contributed by atoms with Crippen LogP contribution in [0.5, 0.6) is 0 Å². The molecule has 27 heavy (non-hydrogen) atoms. The van der Waals surface area contributed by atoms with Gasteiger partial charge in [-0.05, 0) is 12.8 Å². The number of urea groups is 1. The van der Waals surface area contributed by atoms with E-state index in [0.717, 1.165) is 4.90 Å². The number of hydrogen-bond acceptors (Lipinski definition) is 6. The summed E-state index contributed by atoms with van der Waals surface area (Å²) in [5.74, 6) is -1.56. The zero-order valence-corrected chi connectivity index (χ0v) is 15.1. The predicted molar refractivity (Wildman–Crippen MR) is 97.1 cm³/mol. The Morgan fingerprint density at radius 2 is 2.11 bits per heavy atom. The molecule has 1 aliphatic heterocycles. The fourth-order valence-corrected chi connectivity index (χ4v) is 2.45. The van der Waals surface area contributed by atoms with E-state index in [4.69, 9.17) is 22.9 Å². The summed E-state index contributed by atoms with van der Waals surface area (Å²) in [7, 11) is 1.30. The van der Waals surface area contributed by atoms with Crippen LogP contribution in [0.25, 0.3) is 0 Å². The van der Waals surface area contributed by atoms with Crippen molar-refractivity contribution >= 4 is 29.8 Å². The molecule has 0 saturated heterocycles. The SMILES string of the molecule is CN(C(=O)C[C@@H](N)CCCN=C(N)N)[C@]1(CF)CN=C(NC(N)=O)NC1=O. The quantitative estimate of drug-likeness (QED) is 0.146. The minimum absolute atomic E-state index is 0.0293. The molecule has 1 heterocycles. The number of carbonyl (C=O) groups is 3. The van der Waals surface area contributed by atoms with Gasteiger partial charge in [0.05, 0.1) is 6.54 Å². The van der Waals surface area contributed by atoms with Crippen LogP contribution in [0.1, 0.15) is 19.3 Å². The van der Waals surface area contributed by atoms with Crippen LogP contribution in [0, 0.1) is 0 Å². The van der Waals surface area contributed by atoms with Crippen LogP contribution in [0.3, 0.4) is 0 Å². The lowest BCUT2D eigenvalue weighted by atomic mass is 9.95. The lowest BCUT2D eigenvalue weighted by molar-refractivity contribution is -0.146. The highest BCUT2D eigenvalue weighted by molar-refractivity contribution is 6.09. The zero-order chi connectivity index (χ0) is 20.6. The number of primary amides is 1. The molecular formula is C14H26FN9O3. The van der Waals surface area contributed by atoms with Crippen LogP contribution >= 0.6 is 0 Å². The molecular weight excluding hydrogens is 361 g/mol.